The van der Waals surface area contributed by atoms with Gasteiger partial charge >= 0.3 is 6.18 Å². The molecule has 1 N–H and O–H groups in total. The predicted octanol–water partition coefficient (Wildman–Crippen LogP) is 1.87. The van der Waals surface area contributed by atoms with Crippen LogP contribution in [0.5, 0.6) is 0 Å². The first-order valence-electron chi connectivity index (χ1n) is 6.33. The Kier molecular flexibility index (Phi) is 5.68. The molecule has 21 heavy (non-hydrogen) atoms. The summed E-state index contributed by atoms with van der Waals surface area (Å²) < 4.78 is 40.7. The molecule has 0 aromatic heterocycles. The lowest BCUT2D eigenvalue weighted by molar-refractivity contribution is -0.504. The molecule has 8 heteroatoms. The van der Waals surface area contributed by atoms with Gasteiger partial charge in [-0.05, 0) is 19.7 Å². The zero-order valence-electron chi connectivity index (χ0n) is 11.9. The highest BCUT2D eigenvalue weighted by Gasteiger charge is 2.59. The van der Waals surface area contributed by atoms with Gasteiger partial charge < -0.3 is 4.90 Å². The standard InChI is InChI=1S/C13H18F3N3O2/c1-18(2)9-8-17-12(10-19(20)21,13(14,15)16)11-6-4-3-5-7-11/h3-7,17H,8-10H2,1-2H3/t12-/m0/s1. The van der Waals surface area contributed by atoms with Gasteiger partial charge in [0.2, 0.25) is 12.1 Å². The number of alkyl halides is 3. The molecule has 0 unspecified atom stereocenters. The molecule has 5 nitrogen and oxygen atoms in total. The van der Waals surface area contributed by atoms with E-state index < -0.39 is 23.2 Å². The van der Waals surface area contributed by atoms with Gasteiger partial charge in [0.25, 0.3) is 0 Å². The normalized spacial score (nSPS) is 15.0. The highest BCUT2D eigenvalue weighted by atomic mass is 19.4. The molecule has 0 saturated carbocycles. The number of likely N-dealkylation sites (N-methyl/N-ethyl adjacent to an activating group) is 1. The summed E-state index contributed by atoms with van der Waals surface area (Å²) in [5.74, 6) is 0. The van der Waals surface area contributed by atoms with E-state index >= 15 is 0 Å². The molecule has 1 aromatic carbocycles. The van der Waals surface area contributed by atoms with Crippen LogP contribution in [0.2, 0.25) is 0 Å². The van der Waals surface area contributed by atoms with Crippen molar-refractivity contribution in [2.24, 2.45) is 0 Å². The summed E-state index contributed by atoms with van der Waals surface area (Å²) in [7, 11) is 3.43. The Morgan fingerprint density at radius 3 is 2.24 bits per heavy atom. The molecule has 0 aliphatic rings. The van der Waals surface area contributed by atoms with Crippen molar-refractivity contribution in [3.8, 4) is 0 Å². The number of nitro groups is 1. The highest BCUT2D eigenvalue weighted by molar-refractivity contribution is 5.27. The quantitative estimate of drug-likeness (QED) is 0.617. The SMILES string of the molecule is CN(C)CCN[C@@](C[N+](=O)[O-])(c1ccccc1)C(F)(F)F. The van der Waals surface area contributed by atoms with Gasteiger partial charge in [-0.3, -0.25) is 15.4 Å². The Balaban J connectivity index is 3.19. The first kappa shape index (κ1) is 17.4. The van der Waals surface area contributed by atoms with Crippen molar-refractivity contribution in [2.75, 3.05) is 33.7 Å². The highest BCUT2D eigenvalue weighted by Crippen LogP contribution is 2.39. The van der Waals surface area contributed by atoms with E-state index in [9.17, 15) is 23.3 Å². The number of hydrogen-bond donors (Lipinski definition) is 1. The number of rotatable bonds is 7. The zero-order valence-corrected chi connectivity index (χ0v) is 11.9. The van der Waals surface area contributed by atoms with E-state index in [0.717, 1.165) is 0 Å². The van der Waals surface area contributed by atoms with E-state index in [1.807, 2.05) is 0 Å². The molecule has 1 atom stereocenters. The van der Waals surface area contributed by atoms with E-state index in [4.69, 9.17) is 0 Å². The Morgan fingerprint density at radius 1 is 1.24 bits per heavy atom. The second-order valence-corrected chi connectivity index (χ2v) is 4.99. The lowest BCUT2D eigenvalue weighted by Gasteiger charge is -2.34. The fraction of sp³-hybridized carbons (Fsp3) is 0.538. The minimum absolute atomic E-state index is 0.0186. The van der Waals surface area contributed by atoms with Gasteiger partial charge in [0, 0.05) is 18.0 Å². The minimum Gasteiger partial charge on any atom is -0.308 e. The second-order valence-electron chi connectivity index (χ2n) is 4.99. The van der Waals surface area contributed by atoms with Gasteiger partial charge in [-0.15, -0.1) is 0 Å². The molecule has 0 radical (unpaired) electrons. The van der Waals surface area contributed by atoms with Crippen molar-refractivity contribution >= 4 is 0 Å². The van der Waals surface area contributed by atoms with E-state index in [2.05, 4.69) is 5.32 Å². The maximum atomic E-state index is 13.6. The fourth-order valence-corrected chi connectivity index (χ4v) is 2.01. The first-order valence-corrected chi connectivity index (χ1v) is 6.33. The van der Waals surface area contributed by atoms with Crippen LogP contribution in [0.3, 0.4) is 0 Å². The summed E-state index contributed by atoms with van der Waals surface area (Å²) in [5.41, 5.74) is -2.85. The molecule has 0 aliphatic heterocycles. The maximum Gasteiger partial charge on any atom is 0.417 e. The topological polar surface area (TPSA) is 58.4 Å². The van der Waals surface area contributed by atoms with E-state index in [0.29, 0.717) is 6.54 Å². The van der Waals surface area contributed by atoms with Crippen LogP contribution in [0.25, 0.3) is 0 Å². The number of nitrogens with zero attached hydrogens (tertiary/aromatic N) is 2. The Hall–Kier alpha value is -1.67. The fourth-order valence-electron chi connectivity index (χ4n) is 2.01. The van der Waals surface area contributed by atoms with Crippen LogP contribution in [0.1, 0.15) is 5.56 Å². The van der Waals surface area contributed by atoms with Crippen LogP contribution in [-0.2, 0) is 5.54 Å². The molecule has 0 amide bonds. The van der Waals surface area contributed by atoms with Gasteiger partial charge in [-0.25, -0.2) is 0 Å². The Morgan fingerprint density at radius 2 is 1.81 bits per heavy atom. The lowest BCUT2D eigenvalue weighted by Crippen LogP contribution is -2.59. The molecule has 1 aromatic rings. The summed E-state index contributed by atoms with van der Waals surface area (Å²) >= 11 is 0. The third kappa shape index (κ3) is 4.40. The molecule has 0 saturated heterocycles. The zero-order chi connectivity index (χ0) is 16.1. The maximum absolute atomic E-state index is 13.6. The molecule has 0 fully saturated rings. The van der Waals surface area contributed by atoms with Crippen molar-refractivity contribution in [3.63, 3.8) is 0 Å². The number of nitrogens with one attached hydrogen (secondary N) is 1. The first-order chi connectivity index (χ1) is 9.69. The summed E-state index contributed by atoms with van der Waals surface area (Å²) in [6, 6.07) is 6.93. The smallest absolute Gasteiger partial charge is 0.308 e. The van der Waals surface area contributed by atoms with Crippen LogP contribution in [0.15, 0.2) is 30.3 Å². The van der Waals surface area contributed by atoms with Gasteiger partial charge in [-0.2, -0.15) is 13.2 Å². The molecule has 0 heterocycles. The van der Waals surface area contributed by atoms with Crippen LogP contribution >= 0.6 is 0 Å². The van der Waals surface area contributed by atoms with Crippen LogP contribution in [0, 0.1) is 10.1 Å². The van der Waals surface area contributed by atoms with Crippen LogP contribution in [-0.4, -0.2) is 49.7 Å². The molecule has 0 spiro atoms. The Bertz CT molecular complexity index is 465. The van der Waals surface area contributed by atoms with Gasteiger partial charge in [0.15, 0.2) is 0 Å². The van der Waals surface area contributed by atoms with Crippen molar-refractivity contribution in [1.29, 1.82) is 0 Å². The van der Waals surface area contributed by atoms with Crippen molar-refractivity contribution in [2.45, 2.75) is 11.7 Å². The molecule has 0 bridgehead atoms. The summed E-state index contributed by atoms with van der Waals surface area (Å²) in [5, 5.41) is 13.1. The van der Waals surface area contributed by atoms with E-state index in [-0.39, 0.29) is 12.1 Å². The molecule has 1 rings (SSSR count). The average Bonchev–Trinajstić information content (AvgIpc) is 2.36. The summed E-state index contributed by atoms with van der Waals surface area (Å²) in [6.07, 6.45) is -4.78. The van der Waals surface area contributed by atoms with Gasteiger partial charge in [0.05, 0.1) is 0 Å². The molecule has 118 valence electrons. The largest absolute Gasteiger partial charge is 0.417 e. The predicted molar refractivity (Wildman–Crippen MR) is 72.6 cm³/mol. The number of benzene rings is 1. The van der Waals surface area contributed by atoms with E-state index in [1.54, 1.807) is 25.1 Å². The average molecular weight is 305 g/mol. The Labute approximate surface area is 120 Å². The van der Waals surface area contributed by atoms with Gasteiger partial charge in [-0.1, -0.05) is 30.3 Å². The second kappa shape index (κ2) is 6.86. The summed E-state index contributed by atoms with van der Waals surface area (Å²) in [4.78, 5) is 11.5. The third-order valence-electron chi connectivity index (χ3n) is 3.10. The van der Waals surface area contributed by atoms with E-state index in [1.165, 1.54) is 24.3 Å². The summed E-state index contributed by atoms with van der Waals surface area (Å²) in [6.45, 7) is -0.939. The molecule has 0 aliphatic carbocycles. The minimum atomic E-state index is -4.78. The third-order valence-corrected chi connectivity index (χ3v) is 3.10. The number of halogens is 3. The monoisotopic (exact) mass is 305 g/mol. The van der Waals surface area contributed by atoms with Crippen LogP contribution in [0.4, 0.5) is 13.2 Å². The van der Waals surface area contributed by atoms with Crippen molar-refractivity contribution in [1.82, 2.24) is 10.2 Å². The molecular formula is C13H18F3N3O2. The number of hydrogen-bond acceptors (Lipinski definition) is 4. The molecular weight excluding hydrogens is 287 g/mol. The van der Waals surface area contributed by atoms with Crippen molar-refractivity contribution in [3.05, 3.63) is 46.0 Å². The van der Waals surface area contributed by atoms with Gasteiger partial charge in [0.1, 0.15) is 0 Å². The lowest BCUT2D eigenvalue weighted by atomic mass is 9.89. The van der Waals surface area contributed by atoms with Crippen molar-refractivity contribution < 1.29 is 18.1 Å². The van der Waals surface area contributed by atoms with Crippen LogP contribution < -0.4 is 5.32 Å².